The van der Waals surface area contributed by atoms with Crippen LogP contribution in [0.4, 0.5) is 0 Å². The van der Waals surface area contributed by atoms with Crippen LogP contribution in [0.15, 0.2) is 82.4 Å². The normalized spacial score (nSPS) is 10.6. The van der Waals surface area contributed by atoms with Crippen molar-refractivity contribution in [2.24, 2.45) is 5.10 Å². The molecule has 0 fully saturated rings. The molecule has 6 nitrogen and oxygen atoms in total. The Morgan fingerprint density at radius 3 is 2.50 bits per heavy atom. The van der Waals surface area contributed by atoms with Crippen molar-refractivity contribution in [2.75, 3.05) is 6.61 Å². The maximum absolute atomic E-state index is 12.2. The van der Waals surface area contributed by atoms with Crippen LogP contribution in [-0.4, -0.2) is 24.7 Å². The molecule has 0 aliphatic rings. The van der Waals surface area contributed by atoms with Gasteiger partial charge in [0, 0.05) is 4.47 Å². The molecule has 0 heterocycles. The average molecular weight is 467 g/mol. The first kappa shape index (κ1) is 21.3. The predicted molar refractivity (Wildman–Crippen MR) is 118 cm³/mol. The summed E-state index contributed by atoms with van der Waals surface area (Å²) in [5, 5.41) is 3.90. The molecule has 0 atom stereocenters. The summed E-state index contributed by atoms with van der Waals surface area (Å²) in [5.41, 5.74) is 4.63. The van der Waals surface area contributed by atoms with Gasteiger partial charge in [-0.25, -0.2) is 10.2 Å². The largest absolute Gasteiger partial charge is 0.484 e. The van der Waals surface area contributed by atoms with Crippen LogP contribution in [0.5, 0.6) is 11.5 Å². The van der Waals surface area contributed by atoms with Crippen LogP contribution in [0.1, 0.15) is 21.5 Å². The zero-order valence-corrected chi connectivity index (χ0v) is 17.8. The van der Waals surface area contributed by atoms with Crippen molar-refractivity contribution < 1.29 is 19.1 Å². The van der Waals surface area contributed by atoms with Crippen molar-refractivity contribution in [3.8, 4) is 11.5 Å². The second-order valence-corrected chi connectivity index (χ2v) is 7.19. The first-order chi connectivity index (χ1) is 14.5. The van der Waals surface area contributed by atoms with Crippen molar-refractivity contribution >= 4 is 34.0 Å². The monoisotopic (exact) mass is 466 g/mol. The van der Waals surface area contributed by atoms with Crippen LogP contribution in [0.3, 0.4) is 0 Å². The highest BCUT2D eigenvalue weighted by atomic mass is 79.9. The van der Waals surface area contributed by atoms with Gasteiger partial charge in [-0.2, -0.15) is 5.10 Å². The molecule has 1 amide bonds. The standard InChI is InChI=1S/C23H19BrN2O4/c1-16-5-4-6-19(13-16)29-15-22(27)26-25-14-17-9-11-18(12-10-17)30-23(28)20-7-2-3-8-21(20)24/h2-14H,15H2,1H3,(H,26,27)/b25-14+. The summed E-state index contributed by atoms with van der Waals surface area (Å²) in [6.45, 7) is 1.81. The Balaban J connectivity index is 1.48. The van der Waals surface area contributed by atoms with Crippen LogP contribution in [-0.2, 0) is 4.79 Å². The van der Waals surface area contributed by atoms with Crippen LogP contribution in [0, 0.1) is 6.92 Å². The molecule has 152 valence electrons. The average Bonchev–Trinajstić information content (AvgIpc) is 2.74. The maximum Gasteiger partial charge on any atom is 0.344 e. The Morgan fingerprint density at radius 1 is 1.00 bits per heavy atom. The Morgan fingerprint density at radius 2 is 1.77 bits per heavy atom. The molecule has 0 aliphatic carbocycles. The number of amides is 1. The number of rotatable bonds is 7. The molecule has 0 aliphatic heterocycles. The van der Waals surface area contributed by atoms with Gasteiger partial charge in [-0.15, -0.1) is 0 Å². The van der Waals surface area contributed by atoms with Crippen molar-refractivity contribution in [3.05, 3.63) is 94.0 Å². The van der Waals surface area contributed by atoms with Gasteiger partial charge >= 0.3 is 5.97 Å². The summed E-state index contributed by atoms with van der Waals surface area (Å²) < 4.78 is 11.4. The van der Waals surface area contributed by atoms with Gasteiger partial charge in [-0.05, 0) is 82.5 Å². The van der Waals surface area contributed by atoms with Crippen molar-refractivity contribution in [3.63, 3.8) is 0 Å². The molecule has 0 radical (unpaired) electrons. The second-order valence-electron chi connectivity index (χ2n) is 6.34. The SMILES string of the molecule is Cc1cccc(OCC(=O)N/N=C/c2ccc(OC(=O)c3ccccc3Br)cc2)c1. The molecule has 0 unspecified atom stereocenters. The molecule has 0 aromatic heterocycles. The van der Waals surface area contributed by atoms with E-state index in [1.807, 2.05) is 31.2 Å². The number of nitrogens with one attached hydrogen (secondary N) is 1. The molecule has 30 heavy (non-hydrogen) atoms. The van der Waals surface area contributed by atoms with E-state index >= 15 is 0 Å². The summed E-state index contributed by atoms with van der Waals surface area (Å²) in [6, 6.07) is 21.2. The predicted octanol–water partition coefficient (Wildman–Crippen LogP) is 4.51. The van der Waals surface area contributed by atoms with E-state index < -0.39 is 5.97 Å². The number of halogens is 1. The Labute approximate surface area is 182 Å². The van der Waals surface area contributed by atoms with Gasteiger partial charge in [-0.3, -0.25) is 4.79 Å². The topological polar surface area (TPSA) is 77.0 Å². The molecule has 0 bridgehead atoms. The summed E-state index contributed by atoms with van der Waals surface area (Å²) >= 11 is 3.33. The molecule has 0 saturated heterocycles. The van der Waals surface area contributed by atoms with Gasteiger partial charge < -0.3 is 9.47 Å². The van der Waals surface area contributed by atoms with E-state index in [2.05, 4.69) is 26.5 Å². The number of hydrazone groups is 1. The smallest absolute Gasteiger partial charge is 0.344 e. The summed E-state index contributed by atoms with van der Waals surface area (Å²) in [7, 11) is 0. The van der Waals surface area contributed by atoms with E-state index in [0.717, 1.165) is 11.1 Å². The van der Waals surface area contributed by atoms with Gasteiger partial charge in [0.15, 0.2) is 6.61 Å². The molecule has 0 saturated carbocycles. The lowest BCUT2D eigenvalue weighted by atomic mass is 10.2. The molecule has 1 N–H and O–H groups in total. The van der Waals surface area contributed by atoms with E-state index in [1.165, 1.54) is 6.21 Å². The lowest BCUT2D eigenvalue weighted by Crippen LogP contribution is -2.24. The minimum Gasteiger partial charge on any atom is -0.484 e. The summed E-state index contributed by atoms with van der Waals surface area (Å²) in [4.78, 5) is 24.0. The van der Waals surface area contributed by atoms with Gasteiger partial charge in [-0.1, -0.05) is 24.3 Å². The first-order valence-corrected chi connectivity index (χ1v) is 9.89. The van der Waals surface area contributed by atoms with E-state index in [9.17, 15) is 9.59 Å². The van der Waals surface area contributed by atoms with E-state index in [1.54, 1.807) is 48.5 Å². The number of ether oxygens (including phenoxy) is 2. The fourth-order valence-electron chi connectivity index (χ4n) is 2.48. The number of benzene rings is 3. The van der Waals surface area contributed by atoms with Gasteiger partial charge in [0.05, 0.1) is 11.8 Å². The molecule has 3 rings (SSSR count). The Hall–Kier alpha value is -3.45. The molecule has 7 heteroatoms. The quantitative estimate of drug-likeness (QED) is 0.240. The van der Waals surface area contributed by atoms with Gasteiger partial charge in [0.25, 0.3) is 5.91 Å². The van der Waals surface area contributed by atoms with Crippen molar-refractivity contribution in [1.29, 1.82) is 0 Å². The fraction of sp³-hybridized carbons (Fsp3) is 0.0870. The number of carbonyl (C=O) groups excluding carboxylic acids is 2. The maximum atomic E-state index is 12.2. The van der Waals surface area contributed by atoms with Gasteiger partial charge in [0.1, 0.15) is 11.5 Å². The third kappa shape index (κ3) is 6.28. The second kappa shape index (κ2) is 10.4. The zero-order chi connectivity index (χ0) is 21.3. The van der Waals surface area contributed by atoms with E-state index in [4.69, 9.17) is 9.47 Å². The number of aryl methyl sites for hydroxylation is 1. The highest BCUT2D eigenvalue weighted by Crippen LogP contribution is 2.19. The molecule has 3 aromatic carbocycles. The molecular weight excluding hydrogens is 448 g/mol. The fourth-order valence-corrected chi connectivity index (χ4v) is 2.92. The van der Waals surface area contributed by atoms with Crippen LogP contribution >= 0.6 is 15.9 Å². The lowest BCUT2D eigenvalue weighted by molar-refractivity contribution is -0.123. The Kier molecular flexibility index (Phi) is 7.34. The van der Waals surface area contributed by atoms with Gasteiger partial charge in [0.2, 0.25) is 0 Å². The van der Waals surface area contributed by atoms with Crippen molar-refractivity contribution in [1.82, 2.24) is 5.43 Å². The zero-order valence-electron chi connectivity index (χ0n) is 16.2. The minimum absolute atomic E-state index is 0.134. The lowest BCUT2D eigenvalue weighted by Gasteiger charge is -2.06. The number of esters is 1. The van der Waals surface area contributed by atoms with Crippen LogP contribution < -0.4 is 14.9 Å². The van der Waals surface area contributed by atoms with Crippen LogP contribution in [0.2, 0.25) is 0 Å². The van der Waals surface area contributed by atoms with E-state index in [0.29, 0.717) is 21.5 Å². The first-order valence-electron chi connectivity index (χ1n) is 9.09. The van der Waals surface area contributed by atoms with E-state index in [-0.39, 0.29) is 12.5 Å². The number of hydrogen-bond donors (Lipinski definition) is 1. The minimum atomic E-state index is -0.454. The molecule has 0 spiro atoms. The van der Waals surface area contributed by atoms with Crippen LogP contribution in [0.25, 0.3) is 0 Å². The highest BCUT2D eigenvalue weighted by Gasteiger charge is 2.11. The number of carbonyl (C=O) groups is 2. The molecule has 3 aromatic rings. The third-order valence-corrected chi connectivity index (χ3v) is 4.64. The molecular formula is C23H19BrN2O4. The summed E-state index contributed by atoms with van der Waals surface area (Å²) in [5.74, 6) is 0.210. The Bertz CT molecular complexity index is 1060. The van der Waals surface area contributed by atoms with Crippen molar-refractivity contribution in [2.45, 2.75) is 6.92 Å². The summed E-state index contributed by atoms with van der Waals surface area (Å²) in [6.07, 6.45) is 1.49. The third-order valence-electron chi connectivity index (χ3n) is 3.95. The highest BCUT2D eigenvalue weighted by molar-refractivity contribution is 9.10. The number of hydrogen-bond acceptors (Lipinski definition) is 5. The number of nitrogens with zero attached hydrogens (tertiary/aromatic N) is 1.